The Balaban J connectivity index is 2.04. The molecule has 0 saturated carbocycles. The molecule has 0 heterocycles. The van der Waals surface area contributed by atoms with Gasteiger partial charge in [-0.15, -0.1) is 0 Å². The minimum Gasteiger partial charge on any atom is -0.324 e. The maximum atomic E-state index is 11.8. The molecule has 2 rings (SSSR count). The fraction of sp³-hybridized carbons (Fsp3) is 0.133. The minimum absolute atomic E-state index is 0.0146. The molecule has 2 unspecified atom stereocenters. The Labute approximate surface area is 101 Å². The average Bonchev–Trinajstić information content (AvgIpc) is 2.38. The van der Waals surface area contributed by atoms with Crippen molar-refractivity contribution in [3.05, 3.63) is 72.4 Å². The zero-order chi connectivity index (χ0) is 12.1. The molecule has 0 fully saturated rings. The molecule has 0 spiro atoms. The first-order valence-corrected chi connectivity index (χ1v) is 5.65. The van der Waals surface area contributed by atoms with E-state index < -0.39 is 0 Å². The molecule has 0 bridgehead atoms. The smallest absolute Gasteiger partial charge is 0.185 e. The molecular weight excluding hydrogens is 210 g/mol. The van der Waals surface area contributed by atoms with Gasteiger partial charge in [-0.3, -0.25) is 4.79 Å². The number of rotatable bonds is 3. The van der Waals surface area contributed by atoms with E-state index in [1.165, 1.54) is 0 Å². The van der Waals surface area contributed by atoms with Crippen molar-refractivity contribution in [3.63, 3.8) is 0 Å². The lowest BCUT2D eigenvalue weighted by atomic mass is 9.95. The molecule has 0 aliphatic heterocycles. The maximum Gasteiger partial charge on any atom is 0.185 e. The summed E-state index contributed by atoms with van der Waals surface area (Å²) in [5, 5.41) is 0. The summed E-state index contributed by atoms with van der Waals surface area (Å²) in [6.07, 6.45) is 11.3. The third kappa shape index (κ3) is 3.02. The van der Waals surface area contributed by atoms with E-state index in [2.05, 4.69) is 0 Å². The number of carbonyl (C=O) groups excluding carboxylic acids is 1. The van der Waals surface area contributed by atoms with Gasteiger partial charge in [-0.05, 0) is 6.08 Å². The second-order valence-electron chi connectivity index (χ2n) is 4.01. The topological polar surface area (TPSA) is 43.1 Å². The van der Waals surface area contributed by atoms with Gasteiger partial charge in [0.1, 0.15) is 0 Å². The average molecular weight is 225 g/mol. The Morgan fingerprint density at radius 2 is 1.82 bits per heavy atom. The standard InChI is InChI=1S/C15H15NO/c16-14-9-5-4-6-12(14)10-11-15(17)13-7-2-1-3-8-13/h1-12,14H,16H2/b11-10+. The lowest BCUT2D eigenvalue weighted by Gasteiger charge is -2.15. The molecule has 1 aromatic rings. The van der Waals surface area contributed by atoms with Crippen molar-refractivity contribution < 1.29 is 4.79 Å². The summed E-state index contributed by atoms with van der Waals surface area (Å²) in [7, 11) is 0. The van der Waals surface area contributed by atoms with Crippen molar-refractivity contribution in [3.8, 4) is 0 Å². The van der Waals surface area contributed by atoms with E-state index in [1.54, 1.807) is 6.08 Å². The van der Waals surface area contributed by atoms with Crippen LogP contribution in [0.3, 0.4) is 0 Å². The van der Waals surface area contributed by atoms with Crippen molar-refractivity contribution in [2.45, 2.75) is 6.04 Å². The summed E-state index contributed by atoms with van der Waals surface area (Å²) in [6, 6.07) is 9.18. The summed E-state index contributed by atoms with van der Waals surface area (Å²) in [5.74, 6) is 0.119. The Hall–Kier alpha value is -1.93. The monoisotopic (exact) mass is 225 g/mol. The van der Waals surface area contributed by atoms with Gasteiger partial charge in [0.25, 0.3) is 0 Å². The number of hydrogen-bond acceptors (Lipinski definition) is 2. The molecule has 86 valence electrons. The quantitative estimate of drug-likeness (QED) is 0.634. The first-order chi connectivity index (χ1) is 8.27. The SMILES string of the molecule is NC1C=CC=CC1/C=C/C(=O)c1ccccc1. The van der Waals surface area contributed by atoms with Crippen molar-refractivity contribution in [1.29, 1.82) is 0 Å². The summed E-state index contributed by atoms with van der Waals surface area (Å²) in [5.41, 5.74) is 6.60. The first kappa shape index (κ1) is 11.6. The van der Waals surface area contributed by atoms with E-state index in [0.717, 1.165) is 0 Å². The molecule has 1 aliphatic carbocycles. The van der Waals surface area contributed by atoms with Crippen LogP contribution in [-0.2, 0) is 0 Å². The summed E-state index contributed by atoms with van der Waals surface area (Å²) >= 11 is 0. The lowest BCUT2D eigenvalue weighted by Crippen LogP contribution is -2.26. The maximum absolute atomic E-state index is 11.8. The number of nitrogens with two attached hydrogens (primary N) is 1. The highest BCUT2D eigenvalue weighted by Crippen LogP contribution is 2.12. The number of benzene rings is 1. The highest BCUT2D eigenvalue weighted by Gasteiger charge is 2.11. The first-order valence-electron chi connectivity index (χ1n) is 5.65. The van der Waals surface area contributed by atoms with E-state index in [0.29, 0.717) is 5.56 Å². The Morgan fingerprint density at radius 1 is 1.12 bits per heavy atom. The number of allylic oxidation sites excluding steroid dienone is 3. The lowest BCUT2D eigenvalue weighted by molar-refractivity contribution is 0.104. The molecule has 2 N–H and O–H groups in total. The van der Waals surface area contributed by atoms with Crippen LogP contribution in [0.25, 0.3) is 0 Å². The summed E-state index contributed by atoms with van der Waals surface area (Å²) < 4.78 is 0. The van der Waals surface area contributed by atoms with Crippen LogP contribution in [0.2, 0.25) is 0 Å². The van der Waals surface area contributed by atoms with Crippen LogP contribution in [0.15, 0.2) is 66.8 Å². The zero-order valence-corrected chi connectivity index (χ0v) is 9.49. The second-order valence-corrected chi connectivity index (χ2v) is 4.01. The number of ketones is 1. The van der Waals surface area contributed by atoms with Gasteiger partial charge < -0.3 is 5.73 Å². The molecule has 0 aromatic heterocycles. The molecule has 2 heteroatoms. The molecule has 0 radical (unpaired) electrons. The van der Waals surface area contributed by atoms with Gasteiger partial charge in [0, 0.05) is 17.5 Å². The highest BCUT2D eigenvalue weighted by molar-refractivity contribution is 6.04. The van der Waals surface area contributed by atoms with Crippen LogP contribution in [0.4, 0.5) is 0 Å². The second kappa shape index (κ2) is 5.41. The Bertz CT molecular complexity index is 471. The third-order valence-corrected chi connectivity index (χ3v) is 2.75. The predicted molar refractivity (Wildman–Crippen MR) is 69.7 cm³/mol. The van der Waals surface area contributed by atoms with Crippen LogP contribution in [0.1, 0.15) is 10.4 Å². The molecule has 17 heavy (non-hydrogen) atoms. The van der Waals surface area contributed by atoms with E-state index in [9.17, 15) is 4.79 Å². The van der Waals surface area contributed by atoms with Crippen LogP contribution in [-0.4, -0.2) is 11.8 Å². The summed E-state index contributed by atoms with van der Waals surface area (Å²) in [6.45, 7) is 0. The number of carbonyl (C=O) groups is 1. The molecular formula is C15H15NO. The molecule has 0 saturated heterocycles. The summed E-state index contributed by atoms with van der Waals surface area (Å²) in [4.78, 5) is 11.8. The van der Waals surface area contributed by atoms with Crippen LogP contribution in [0.5, 0.6) is 0 Å². The number of hydrogen-bond donors (Lipinski definition) is 1. The Morgan fingerprint density at radius 3 is 2.53 bits per heavy atom. The van der Waals surface area contributed by atoms with E-state index in [4.69, 9.17) is 5.73 Å². The van der Waals surface area contributed by atoms with Crippen molar-refractivity contribution in [2.24, 2.45) is 11.7 Å². The van der Waals surface area contributed by atoms with Gasteiger partial charge in [0.2, 0.25) is 0 Å². The van der Waals surface area contributed by atoms with Gasteiger partial charge in [0.05, 0.1) is 0 Å². The fourth-order valence-corrected chi connectivity index (χ4v) is 1.73. The largest absolute Gasteiger partial charge is 0.324 e. The van der Waals surface area contributed by atoms with Crippen LogP contribution < -0.4 is 5.73 Å². The molecule has 2 nitrogen and oxygen atoms in total. The van der Waals surface area contributed by atoms with Gasteiger partial charge in [-0.25, -0.2) is 0 Å². The van der Waals surface area contributed by atoms with E-state index >= 15 is 0 Å². The minimum atomic E-state index is -0.0418. The predicted octanol–water partition coefficient (Wildman–Crippen LogP) is 2.50. The van der Waals surface area contributed by atoms with Gasteiger partial charge in [-0.1, -0.05) is 60.7 Å². The van der Waals surface area contributed by atoms with E-state index in [1.807, 2.05) is 60.7 Å². The van der Waals surface area contributed by atoms with Crippen molar-refractivity contribution in [2.75, 3.05) is 0 Å². The normalized spacial score (nSPS) is 23.1. The Kier molecular flexibility index (Phi) is 3.68. The highest BCUT2D eigenvalue weighted by atomic mass is 16.1. The third-order valence-electron chi connectivity index (χ3n) is 2.75. The zero-order valence-electron chi connectivity index (χ0n) is 9.49. The van der Waals surface area contributed by atoms with E-state index in [-0.39, 0.29) is 17.7 Å². The van der Waals surface area contributed by atoms with Crippen LogP contribution in [0, 0.1) is 5.92 Å². The van der Waals surface area contributed by atoms with Crippen molar-refractivity contribution in [1.82, 2.24) is 0 Å². The molecule has 1 aromatic carbocycles. The molecule has 0 amide bonds. The van der Waals surface area contributed by atoms with Crippen LogP contribution >= 0.6 is 0 Å². The molecule has 1 aliphatic rings. The van der Waals surface area contributed by atoms with Gasteiger partial charge >= 0.3 is 0 Å². The van der Waals surface area contributed by atoms with Gasteiger partial charge in [-0.2, -0.15) is 0 Å². The molecule has 2 atom stereocenters. The fourth-order valence-electron chi connectivity index (χ4n) is 1.73. The van der Waals surface area contributed by atoms with Gasteiger partial charge in [0.15, 0.2) is 5.78 Å². The van der Waals surface area contributed by atoms with Crippen molar-refractivity contribution >= 4 is 5.78 Å².